The van der Waals surface area contributed by atoms with Crippen LogP contribution in [0.4, 0.5) is 8.78 Å². The van der Waals surface area contributed by atoms with Crippen LogP contribution in [-0.4, -0.2) is 6.29 Å². The quantitative estimate of drug-likeness (QED) is 0.546. The lowest BCUT2D eigenvalue weighted by Crippen LogP contribution is -1.75. The highest BCUT2D eigenvalue weighted by atomic mass is 19.3. The van der Waals surface area contributed by atoms with Gasteiger partial charge in [-0.3, -0.25) is 4.79 Å². The number of unbranched alkanes of at least 4 members (excludes halogenated alkanes) is 3. The number of halogens is 2. The van der Waals surface area contributed by atoms with Gasteiger partial charge in [0.2, 0.25) is 0 Å². The smallest absolute Gasteiger partial charge is 0.266 e. The molecule has 0 aliphatic heterocycles. The van der Waals surface area contributed by atoms with Crippen LogP contribution >= 0.6 is 0 Å². The molecule has 1 nitrogen and oxygen atoms in total. The van der Waals surface area contributed by atoms with Crippen molar-refractivity contribution in [2.75, 3.05) is 0 Å². The topological polar surface area (TPSA) is 17.1 Å². The molecule has 0 aromatic rings. The van der Waals surface area contributed by atoms with Gasteiger partial charge in [-0.1, -0.05) is 0 Å². The third-order valence-corrected chi connectivity index (χ3v) is 1.03. The molecule has 0 aromatic carbocycles. The van der Waals surface area contributed by atoms with Crippen molar-refractivity contribution in [1.82, 2.24) is 0 Å². The summed E-state index contributed by atoms with van der Waals surface area (Å²) in [7, 11) is 0. The molecule has 1 radical (unpaired) electrons. The lowest BCUT2D eigenvalue weighted by molar-refractivity contribution is 0.416. The van der Waals surface area contributed by atoms with E-state index in [0.717, 1.165) is 6.08 Å². The van der Waals surface area contributed by atoms with Crippen LogP contribution in [0.15, 0.2) is 12.2 Å². The van der Waals surface area contributed by atoms with E-state index in [4.69, 9.17) is 0 Å². The normalized spacial score (nSPS) is 9.00. The fourth-order valence-electron chi connectivity index (χ4n) is 0.553. The Morgan fingerprint density at radius 1 is 1.40 bits per heavy atom. The van der Waals surface area contributed by atoms with Gasteiger partial charge in [-0.05, 0) is 25.3 Å². The average molecular weight is 147 g/mol. The maximum atomic E-state index is 11.3. The summed E-state index contributed by atoms with van der Waals surface area (Å²) in [5.74, 6) is 0. The summed E-state index contributed by atoms with van der Waals surface area (Å²) in [5, 5.41) is 0. The fraction of sp³-hybridized carbons (Fsp3) is 0.571. The summed E-state index contributed by atoms with van der Waals surface area (Å²) < 4.78 is 22.7. The molecule has 0 heterocycles. The number of rotatable bonds is 5. The predicted molar refractivity (Wildman–Crippen MR) is 34.5 cm³/mol. The Kier molecular flexibility index (Phi) is 5.92. The highest BCUT2D eigenvalue weighted by Crippen LogP contribution is 2.04. The highest BCUT2D eigenvalue weighted by molar-refractivity contribution is 5.50. The third-order valence-electron chi connectivity index (χ3n) is 1.03. The van der Waals surface area contributed by atoms with Crippen molar-refractivity contribution in [3.8, 4) is 0 Å². The van der Waals surface area contributed by atoms with Gasteiger partial charge in [-0.15, -0.1) is 0 Å². The van der Waals surface area contributed by atoms with Gasteiger partial charge in [0.25, 0.3) is 6.08 Å². The van der Waals surface area contributed by atoms with Gasteiger partial charge in [0.05, 0.1) is 0 Å². The number of carbonyl (C=O) groups excluding carboxylic acids is 1. The summed E-state index contributed by atoms with van der Waals surface area (Å²) in [6.45, 7) is 0. The fourth-order valence-corrected chi connectivity index (χ4v) is 0.553. The maximum Gasteiger partial charge on any atom is 0.266 e. The molecule has 0 unspecified atom stereocenters. The highest BCUT2D eigenvalue weighted by Gasteiger charge is 1.88. The second kappa shape index (κ2) is 6.39. The van der Waals surface area contributed by atoms with E-state index < -0.39 is 6.08 Å². The summed E-state index contributed by atoms with van der Waals surface area (Å²) in [6.07, 6.45) is 2.90. The number of allylic oxidation sites excluding steroid dienone is 1. The van der Waals surface area contributed by atoms with Crippen LogP contribution in [0.1, 0.15) is 25.7 Å². The Morgan fingerprint density at radius 2 is 2.10 bits per heavy atom. The lowest BCUT2D eigenvalue weighted by Gasteiger charge is -1.88. The molecular formula is C7H9F2O. The number of hydrogen-bond donors (Lipinski definition) is 0. The summed E-state index contributed by atoms with van der Waals surface area (Å²) >= 11 is 0. The first-order valence-electron chi connectivity index (χ1n) is 3.13. The Hall–Kier alpha value is -0.730. The first-order valence-corrected chi connectivity index (χ1v) is 3.13. The lowest BCUT2D eigenvalue weighted by atomic mass is 10.2. The molecule has 0 saturated heterocycles. The standard InChI is InChI=1S/C7H9F2O/c8-7(9)5-3-1-2-4-6-10/h5H,1-4H2. The molecule has 0 aromatic heterocycles. The first kappa shape index (κ1) is 9.27. The zero-order chi connectivity index (χ0) is 7.82. The van der Waals surface area contributed by atoms with Crippen LogP contribution in [-0.2, 0) is 4.79 Å². The molecule has 0 aliphatic carbocycles. The molecule has 57 valence electrons. The van der Waals surface area contributed by atoms with Gasteiger partial charge in [-0.25, -0.2) is 0 Å². The first-order chi connectivity index (χ1) is 4.77. The monoisotopic (exact) mass is 147 g/mol. The van der Waals surface area contributed by atoms with Crippen molar-refractivity contribution >= 4 is 6.29 Å². The minimum atomic E-state index is -1.64. The van der Waals surface area contributed by atoms with E-state index >= 15 is 0 Å². The zero-order valence-corrected chi connectivity index (χ0v) is 5.57. The van der Waals surface area contributed by atoms with Crippen LogP contribution in [0.5, 0.6) is 0 Å². The largest absolute Gasteiger partial charge is 0.291 e. The van der Waals surface area contributed by atoms with E-state index in [1.54, 1.807) is 6.29 Å². The van der Waals surface area contributed by atoms with Gasteiger partial charge < -0.3 is 0 Å². The SMILES string of the molecule is O=[C]CCCCC=C(F)F. The van der Waals surface area contributed by atoms with Crippen molar-refractivity contribution in [2.45, 2.75) is 25.7 Å². The van der Waals surface area contributed by atoms with Crippen molar-refractivity contribution in [3.05, 3.63) is 12.2 Å². The molecule has 10 heavy (non-hydrogen) atoms. The molecule has 0 saturated carbocycles. The summed E-state index contributed by atoms with van der Waals surface area (Å²) in [6, 6.07) is 0. The Labute approximate surface area is 58.7 Å². The zero-order valence-electron chi connectivity index (χ0n) is 5.57. The molecule has 0 rings (SSSR count). The van der Waals surface area contributed by atoms with Crippen LogP contribution in [0, 0.1) is 0 Å². The molecule has 0 amide bonds. The molecule has 0 bridgehead atoms. The van der Waals surface area contributed by atoms with E-state index in [-0.39, 0.29) is 0 Å². The Bertz CT molecular complexity index is 117. The van der Waals surface area contributed by atoms with Gasteiger partial charge >= 0.3 is 0 Å². The van der Waals surface area contributed by atoms with E-state index in [0.29, 0.717) is 25.7 Å². The minimum Gasteiger partial charge on any atom is -0.291 e. The second-order valence-corrected chi connectivity index (χ2v) is 1.88. The van der Waals surface area contributed by atoms with Gasteiger partial charge in [-0.2, -0.15) is 8.78 Å². The molecule has 0 spiro atoms. The van der Waals surface area contributed by atoms with Gasteiger partial charge in [0.15, 0.2) is 6.29 Å². The van der Waals surface area contributed by atoms with Gasteiger partial charge in [0, 0.05) is 6.42 Å². The number of hydrogen-bond acceptors (Lipinski definition) is 1. The molecule has 0 fully saturated rings. The van der Waals surface area contributed by atoms with Crippen molar-refractivity contribution in [2.24, 2.45) is 0 Å². The van der Waals surface area contributed by atoms with Crippen molar-refractivity contribution < 1.29 is 13.6 Å². The Balaban J connectivity index is 3.05. The van der Waals surface area contributed by atoms with E-state index in [1.807, 2.05) is 0 Å². The predicted octanol–water partition coefficient (Wildman–Crippen LogP) is 2.44. The second-order valence-electron chi connectivity index (χ2n) is 1.88. The summed E-state index contributed by atoms with van der Waals surface area (Å²) in [5.41, 5.74) is 0. The van der Waals surface area contributed by atoms with Crippen LogP contribution in [0.3, 0.4) is 0 Å². The molecule has 0 aliphatic rings. The minimum absolute atomic E-state index is 0.349. The summed E-state index contributed by atoms with van der Waals surface area (Å²) in [4.78, 5) is 9.61. The van der Waals surface area contributed by atoms with Crippen molar-refractivity contribution in [1.29, 1.82) is 0 Å². The molecule has 0 atom stereocenters. The molecular weight excluding hydrogens is 138 g/mol. The van der Waals surface area contributed by atoms with E-state index in [2.05, 4.69) is 0 Å². The van der Waals surface area contributed by atoms with Crippen LogP contribution < -0.4 is 0 Å². The molecule has 3 heteroatoms. The van der Waals surface area contributed by atoms with Crippen molar-refractivity contribution in [3.63, 3.8) is 0 Å². The van der Waals surface area contributed by atoms with Gasteiger partial charge in [0.1, 0.15) is 0 Å². The Morgan fingerprint density at radius 3 is 2.60 bits per heavy atom. The van der Waals surface area contributed by atoms with Crippen LogP contribution in [0.2, 0.25) is 0 Å². The maximum absolute atomic E-state index is 11.3. The van der Waals surface area contributed by atoms with E-state index in [1.165, 1.54) is 0 Å². The average Bonchev–Trinajstić information content (AvgIpc) is 1.87. The molecule has 0 N–H and O–H groups in total. The van der Waals surface area contributed by atoms with E-state index in [9.17, 15) is 13.6 Å². The van der Waals surface area contributed by atoms with Crippen LogP contribution in [0.25, 0.3) is 0 Å². The third kappa shape index (κ3) is 7.27.